The van der Waals surface area contributed by atoms with Crippen molar-refractivity contribution in [3.63, 3.8) is 0 Å². The molecule has 1 aromatic heterocycles. The molecule has 1 fully saturated rings. The average Bonchev–Trinajstić information content (AvgIpc) is 3.70. The van der Waals surface area contributed by atoms with Gasteiger partial charge in [-0.15, -0.1) is 5.10 Å². The quantitative estimate of drug-likeness (QED) is 0.201. The van der Waals surface area contributed by atoms with Gasteiger partial charge < -0.3 is 29.6 Å². The van der Waals surface area contributed by atoms with E-state index in [1.165, 1.54) is 0 Å². The number of carbonyl (C=O) groups is 2. The molecule has 1 spiro atoms. The van der Waals surface area contributed by atoms with Gasteiger partial charge in [0.1, 0.15) is 5.75 Å². The summed E-state index contributed by atoms with van der Waals surface area (Å²) in [5.74, 6) is -0.182. The Labute approximate surface area is 275 Å². The molecule has 3 aromatic carbocycles. The van der Waals surface area contributed by atoms with Crippen LogP contribution in [0.5, 0.6) is 5.75 Å². The zero-order valence-electron chi connectivity index (χ0n) is 27.1. The minimum atomic E-state index is -2.88. The number of ether oxygens (including phenoxy) is 2. The van der Waals surface area contributed by atoms with Crippen molar-refractivity contribution in [2.24, 2.45) is 5.92 Å². The van der Waals surface area contributed by atoms with Gasteiger partial charge in [-0.1, -0.05) is 42.5 Å². The lowest BCUT2D eigenvalue weighted by atomic mass is 9.82. The monoisotopic (exact) mass is 655 g/mol. The van der Waals surface area contributed by atoms with Crippen molar-refractivity contribution in [1.29, 1.82) is 0 Å². The molecular weight excluding hydrogens is 614 g/mol. The Bertz CT molecular complexity index is 1740. The van der Waals surface area contributed by atoms with Crippen LogP contribution in [0.15, 0.2) is 79.0 Å². The summed E-state index contributed by atoms with van der Waals surface area (Å²) in [5.41, 5.74) is 2.43. The Hall–Kier alpha value is -4.36. The second-order valence-electron chi connectivity index (χ2n) is 12.9. The van der Waals surface area contributed by atoms with E-state index in [2.05, 4.69) is 15.6 Å². The van der Waals surface area contributed by atoms with Gasteiger partial charge in [0.15, 0.2) is 13.9 Å². The van der Waals surface area contributed by atoms with Gasteiger partial charge in [-0.2, -0.15) is 0 Å². The van der Waals surface area contributed by atoms with E-state index in [4.69, 9.17) is 9.47 Å². The lowest BCUT2D eigenvalue weighted by Gasteiger charge is -2.32. The Morgan fingerprint density at radius 2 is 1.85 bits per heavy atom. The van der Waals surface area contributed by atoms with Crippen LogP contribution < -0.4 is 15.0 Å². The lowest BCUT2D eigenvalue weighted by Crippen LogP contribution is -2.46. The van der Waals surface area contributed by atoms with Crippen molar-refractivity contribution >= 4 is 31.5 Å². The molecule has 0 bridgehead atoms. The molecule has 2 aliphatic rings. The molecule has 6 rings (SSSR count). The van der Waals surface area contributed by atoms with Crippen molar-refractivity contribution in [3.05, 3.63) is 101 Å². The first-order valence-electron chi connectivity index (χ1n) is 15.9. The number of aliphatic hydroxyl groups is 1. The van der Waals surface area contributed by atoms with Gasteiger partial charge in [-0.05, 0) is 67.5 Å². The fourth-order valence-electron chi connectivity index (χ4n) is 7.23. The third-order valence-corrected chi connectivity index (χ3v) is 11.9. The maximum atomic E-state index is 14.8. The standard InChI is InChI=1S/C35H41N5O6Si/c1-23-32(47(3,4)44)31(16-18-39-22-27(17-19-41)37-38-39)46-35(23)29-20-26(36-33(42)25-10-13-28(45-2)14-11-25)12-15-30(29)40(34(35)43)21-24-8-6-5-7-9-24/h5-15,20,22-23,31-32,41,44H,16-19,21H2,1-4H3,(H,36,42)/t23-,31+,32-,35+/m0/s1. The van der Waals surface area contributed by atoms with E-state index < -0.39 is 20.0 Å². The molecular formula is C35H41N5O6Si. The summed E-state index contributed by atoms with van der Waals surface area (Å²) in [6.45, 7) is 6.60. The highest BCUT2D eigenvalue weighted by atomic mass is 28.4. The van der Waals surface area contributed by atoms with Crippen LogP contribution in [0.1, 0.15) is 40.5 Å². The number of aryl methyl sites for hydroxylation is 1. The molecule has 0 radical (unpaired) electrons. The van der Waals surface area contributed by atoms with Crippen molar-refractivity contribution in [3.8, 4) is 5.75 Å². The minimum absolute atomic E-state index is 0.0135. The number of benzene rings is 3. The van der Waals surface area contributed by atoms with E-state index >= 15 is 0 Å². The SMILES string of the molecule is COc1ccc(C(=O)Nc2ccc3c(c2)[C@@]2(O[C@H](CCn4cc(CCO)nn4)[C@@H]([Si](C)(C)O)[C@@H]2C)C(=O)N3Cc2ccccc2)cc1. The summed E-state index contributed by atoms with van der Waals surface area (Å²) in [6.07, 6.45) is 2.29. The van der Waals surface area contributed by atoms with Crippen molar-refractivity contribution in [2.45, 2.75) is 63.2 Å². The van der Waals surface area contributed by atoms with E-state index in [0.717, 1.165) is 11.3 Å². The van der Waals surface area contributed by atoms with Crippen LogP contribution in [0.2, 0.25) is 18.6 Å². The molecule has 4 aromatic rings. The second-order valence-corrected chi connectivity index (χ2v) is 16.9. The highest BCUT2D eigenvalue weighted by molar-refractivity contribution is 6.71. The molecule has 47 heavy (non-hydrogen) atoms. The summed E-state index contributed by atoms with van der Waals surface area (Å²) in [6, 6.07) is 22.2. The average molecular weight is 656 g/mol. The molecule has 3 heterocycles. The minimum Gasteiger partial charge on any atom is -0.497 e. The molecule has 0 saturated carbocycles. The Kier molecular flexibility index (Phi) is 9.03. The zero-order valence-corrected chi connectivity index (χ0v) is 28.1. The Morgan fingerprint density at radius 1 is 1.11 bits per heavy atom. The van der Waals surface area contributed by atoms with E-state index in [1.807, 2.05) is 62.5 Å². The summed E-state index contributed by atoms with van der Waals surface area (Å²) < 4.78 is 13.9. The maximum Gasteiger partial charge on any atom is 0.264 e. The predicted octanol–water partition coefficient (Wildman–Crippen LogP) is 4.51. The van der Waals surface area contributed by atoms with Crippen LogP contribution >= 0.6 is 0 Å². The summed E-state index contributed by atoms with van der Waals surface area (Å²) in [4.78, 5) is 41.4. The van der Waals surface area contributed by atoms with Crippen molar-refractivity contribution in [1.82, 2.24) is 15.0 Å². The Balaban J connectivity index is 1.37. The largest absolute Gasteiger partial charge is 0.497 e. The summed E-state index contributed by atoms with van der Waals surface area (Å²) in [7, 11) is -1.31. The number of anilines is 2. The fraction of sp³-hybridized carbons (Fsp3) is 0.371. The van der Waals surface area contributed by atoms with Crippen LogP contribution in [0.4, 0.5) is 11.4 Å². The smallest absolute Gasteiger partial charge is 0.264 e. The first kappa shape index (κ1) is 32.6. The fourth-order valence-corrected chi connectivity index (χ4v) is 9.83. The number of fused-ring (bicyclic) bond motifs is 2. The van der Waals surface area contributed by atoms with Crippen LogP contribution in [0.25, 0.3) is 0 Å². The molecule has 0 unspecified atom stereocenters. The third-order valence-electron chi connectivity index (χ3n) is 9.37. The number of amides is 2. The first-order chi connectivity index (χ1) is 22.5. The molecule has 1 saturated heterocycles. The predicted molar refractivity (Wildman–Crippen MR) is 180 cm³/mol. The molecule has 12 heteroatoms. The van der Waals surface area contributed by atoms with Gasteiger partial charge in [-0.3, -0.25) is 14.3 Å². The van der Waals surface area contributed by atoms with Gasteiger partial charge >= 0.3 is 0 Å². The molecule has 2 amide bonds. The Morgan fingerprint density at radius 3 is 2.53 bits per heavy atom. The molecule has 4 atom stereocenters. The molecule has 0 aliphatic carbocycles. The number of nitrogens with zero attached hydrogens (tertiary/aromatic N) is 4. The van der Waals surface area contributed by atoms with Crippen LogP contribution in [0, 0.1) is 5.92 Å². The number of rotatable bonds is 11. The number of aliphatic hydroxyl groups excluding tert-OH is 1. The van der Waals surface area contributed by atoms with Crippen LogP contribution in [-0.2, 0) is 34.6 Å². The van der Waals surface area contributed by atoms with Gasteiger partial charge in [0.2, 0.25) is 0 Å². The van der Waals surface area contributed by atoms with E-state index in [-0.39, 0.29) is 29.9 Å². The maximum absolute atomic E-state index is 14.8. The number of hydrogen-bond donors (Lipinski definition) is 3. The van der Waals surface area contributed by atoms with Crippen LogP contribution in [-0.4, -0.2) is 64.8 Å². The van der Waals surface area contributed by atoms with Gasteiger partial charge in [0.05, 0.1) is 31.1 Å². The normalized spacial score (nSPS) is 22.1. The molecule has 3 N–H and O–H groups in total. The van der Waals surface area contributed by atoms with E-state index in [0.29, 0.717) is 54.2 Å². The third kappa shape index (κ3) is 6.21. The first-order valence-corrected chi connectivity index (χ1v) is 18.9. The van der Waals surface area contributed by atoms with Gasteiger partial charge in [0, 0.05) is 54.0 Å². The van der Waals surface area contributed by atoms with Crippen LogP contribution in [0.3, 0.4) is 0 Å². The van der Waals surface area contributed by atoms with E-state index in [9.17, 15) is 19.5 Å². The van der Waals surface area contributed by atoms with Crippen molar-refractivity contribution in [2.75, 3.05) is 23.9 Å². The highest BCUT2D eigenvalue weighted by Crippen LogP contribution is 2.60. The van der Waals surface area contributed by atoms with Gasteiger partial charge in [0.25, 0.3) is 11.8 Å². The van der Waals surface area contributed by atoms with Gasteiger partial charge in [-0.25, -0.2) is 0 Å². The highest BCUT2D eigenvalue weighted by Gasteiger charge is 2.66. The number of methoxy groups -OCH3 is 1. The van der Waals surface area contributed by atoms with E-state index in [1.54, 1.807) is 53.2 Å². The second kappa shape index (κ2) is 13.0. The topological polar surface area (TPSA) is 139 Å². The number of aromatic nitrogens is 3. The number of hydrogen-bond acceptors (Lipinski definition) is 8. The summed E-state index contributed by atoms with van der Waals surface area (Å²) >= 11 is 0. The molecule has 11 nitrogen and oxygen atoms in total. The number of nitrogens with one attached hydrogen (secondary N) is 1. The number of carbonyl (C=O) groups excluding carboxylic acids is 2. The van der Waals surface area contributed by atoms with Crippen molar-refractivity contribution < 1.29 is 29.0 Å². The molecule has 246 valence electrons. The molecule has 2 aliphatic heterocycles. The zero-order chi connectivity index (χ0) is 33.3. The summed E-state index contributed by atoms with van der Waals surface area (Å²) in [5, 5.41) is 20.6. The lowest BCUT2D eigenvalue weighted by molar-refractivity contribution is -0.146.